The van der Waals surface area contributed by atoms with Crippen LogP contribution in [0.3, 0.4) is 0 Å². The van der Waals surface area contributed by atoms with E-state index in [4.69, 9.17) is 0 Å². The molecule has 1 spiro atoms. The topological polar surface area (TPSA) is 0 Å². The smallest absolute Gasteiger partial charge is 0.0263 e. The highest BCUT2D eigenvalue weighted by molar-refractivity contribution is 5.14. The van der Waals surface area contributed by atoms with Crippen molar-refractivity contribution in [3.05, 3.63) is 0 Å². The molecule has 0 aromatic carbocycles. The van der Waals surface area contributed by atoms with Crippen LogP contribution in [-0.4, -0.2) is 0 Å². The van der Waals surface area contributed by atoms with Gasteiger partial charge in [-0.2, -0.15) is 0 Å². The standard InChI is InChI=1S/C9H14/c1-2-7(3-1)8-6-9(8)4-5-9/h7-8H,1-6H2. The van der Waals surface area contributed by atoms with E-state index in [1.807, 2.05) is 0 Å². The Morgan fingerprint density at radius 1 is 1.11 bits per heavy atom. The highest BCUT2D eigenvalue weighted by Crippen LogP contribution is 2.74. The highest BCUT2D eigenvalue weighted by Gasteiger charge is 2.64. The Kier molecular flexibility index (Phi) is 0.640. The van der Waals surface area contributed by atoms with Crippen molar-refractivity contribution in [3.63, 3.8) is 0 Å². The van der Waals surface area contributed by atoms with Gasteiger partial charge in [-0.1, -0.05) is 19.3 Å². The van der Waals surface area contributed by atoms with Crippen molar-refractivity contribution >= 4 is 0 Å². The lowest BCUT2D eigenvalue weighted by molar-refractivity contribution is 0.262. The van der Waals surface area contributed by atoms with Gasteiger partial charge in [0.2, 0.25) is 0 Å². The van der Waals surface area contributed by atoms with Crippen molar-refractivity contribution in [2.24, 2.45) is 17.3 Å². The summed E-state index contributed by atoms with van der Waals surface area (Å²) in [5, 5.41) is 0. The third-order valence-electron chi connectivity index (χ3n) is 3.86. The zero-order valence-corrected chi connectivity index (χ0v) is 5.90. The van der Waals surface area contributed by atoms with Crippen LogP contribution >= 0.6 is 0 Å². The van der Waals surface area contributed by atoms with E-state index in [1.165, 1.54) is 18.3 Å². The summed E-state index contributed by atoms with van der Waals surface area (Å²) < 4.78 is 0. The van der Waals surface area contributed by atoms with Crippen LogP contribution < -0.4 is 0 Å². The van der Waals surface area contributed by atoms with Crippen molar-refractivity contribution in [1.29, 1.82) is 0 Å². The second kappa shape index (κ2) is 1.21. The van der Waals surface area contributed by atoms with Crippen LogP contribution in [-0.2, 0) is 0 Å². The molecule has 0 N–H and O–H groups in total. The minimum Gasteiger partial charge on any atom is -0.0528 e. The third kappa shape index (κ3) is 0.500. The first kappa shape index (κ1) is 4.76. The molecule has 1 unspecified atom stereocenters. The maximum absolute atomic E-state index is 1.62. The molecular formula is C9H14. The average molecular weight is 122 g/mol. The van der Waals surface area contributed by atoms with E-state index in [9.17, 15) is 0 Å². The third-order valence-corrected chi connectivity index (χ3v) is 3.86. The fraction of sp³-hybridized carbons (Fsp3) is 1.00. The van der Waals surface area contributed by atoms with Crippen LogP contribution in [0.15, 0.2) is 0 Å². The van der Waals surface area contributed by atoms with Crippen LogP contribution in [0, 0.1) is 17.3 Å². The lowest BCUT2D eigenvalue weighted by Crippen LogP contribution is -2.13. The molecule has 3 rings (SSSR count). The van der Waals surface area contributed by atoms with Gasteiger partial charge >= 0.3 is 0 Å². The second-order valence-electron chi connectivity index (χ2n) is 4.36. The van der Waals surface area contributed by atoms with E-state index in [-0.39, 0.29) is 0 Å². The lowest BCUT2D eigenvalue weighted by atomic mass is 9.80. The van der Waals surface area contributed by atoms with E-state index < -0.39 is 0 Å². The van der Waals surface area contributed by atoms with Crippen LogP contribution in [0.5, 0.6) is 0 Å². The van der Waals surface area contributed by atoms with Gasteiger partial charge < -0.3 is 0 Å². The summed E-state index contributed by atoms with van der Waals surface area (Å²) in [4.78, 5) is 0. The molecule has 0 amide bonds. The van der Waals surface area contributed by atoms with Gasteiger partial charge in [0.05, 0.1) is 0 Å². The van der Waals surface area contributed by atoms with E-state index in [0.29, 0.717) is 0 Å². The summed E-state index contributed by atoms with van der Waals surface area (Å²) in [6.07, 6.45) is 9.50. The summed E-state index contributed by atoms with van der Waals surface area (Å²) >= 11 is 0. The normalized spacial score (nSPS) is 44.7. The van der Waals surface area contributed by atoms with E-state index in [2.05, 4.69) is 0 Å². The van der Waals surface area contributed by atoms with Crippen molar-refractivity contribution in [2.45, 2.75) is 38.5 Å². The van der Waals surface area contributed by atoms with Crippen LogP contribution in [0.1, 0.15) is 38.5 Å². The van der Waals surface area contributed by atoms with E-state index in [0.717, 1.165) is 5.41 Å². The summed E-state index contributed by atoms with van der Waals surface area (Å²) in [6, 6.07) is 0. The first-order valence-electron chi connectivity index (χ1n) is 4.41. The maximum atomic E-state index is 1.62. The van der Waals surface area contributed by atoms with Crippen molar-refractivity contribution in [3.8, 4) is 0 Å². The zero-order chi connectivity index (χ0) is 5.90. The predicted molar refractivity (Wildman–Crippen MR) is 37.1 cm³/mol. The summed E-state index contributed by atoms with van der Waals surface area (Å²) in [5.74, 6) is 2.43. The monoisotopic (exact) mass is 122 g/mol. The Morgan fingerprint density at radius 3 is 2.22 bits per heavy atom. The molecular weight excluding hydrogens is 108 g/mol. The molecule has 50 valence electrons. The zero-order valence-electron chi connectivity index (χ0n) is 5.90. The lowest BCUT2D eigenvalue weighted by Gasteiger charge is -2.25. The molecule has 0 saturated heterocycles. The van der Waals surface area contributed by atoms with Gasteiger partial charge in [-0.15, -0.1) is 0 Å². The van der Waals surface area contributed by atoms with Crippen molar-refractivity contribution in [2.75, 3.05) is 0 Å². The number of rotatable bonds is 1. The Bertz CT molecular complexity index is 140. The molecule has 0 heterocycles. The van der Waals surface area contributed by atoms with Gasteiger partial charge in [0.15, 0.2) is 0 Å². The van der Waals surface area contributed by atoms with Gasteiger partial charge in [0.25, 0.3) is 0 Å². The molecule has 0 aliphatic heterocycles. The Labute approximate surface area is 56.6 Å². The molecule has 3 fully saturated rings. The number of hydrogen-bond donors (Lipinski definition) is 0. The van der Waals surface area contributed by atoms with E-state index >= 15 is 0 Å². The van der Waals surface area contributed by atoms with Gasteiger partial charge in [-0.3, -0.25) is 0 Å². The molecule has 0 radical (unpaired) electrons. The molecule has 0 nitrogen and oxygen atoms in total. The fourth-order valence-corrected chi connectivity index (χ4v) is 2.62. The molecule has 0 bridgehead atoms. The molecule has 3 aliphatic carbocycles. The minimum absolute atomic E-state index is 0.991. The molecule has 0 aromatic rings. The fourth-order valence-electron chi connectivity index (χ4n) is 2.62. The van der Waals surface area contributed by atoms with Crippen molar-refractivity contribution in [1.82, 2.24) is 0 Å². The molecule has 9 heavy (non-hydrogen) atoms. The van der Waals surface area contributed by atoms with Gasteiger partial charge in [0, 0.05) is 0 Å². The molecule has 1 atom stereocenters. The summed E-state index contributed by atoms with van der Waals surface area (Å²) in [7, 11) is 0. The molecule has 3 aliphatic rings. The van der Waals surface area contributed by atoms with Gasteiger partial charge in [-0.05, 0) is 36.5 Å². The van der Waals surface area contributed by atoms with Crippen LogP contribution in [0.25, 0.3) is 0 Å². The number of hydrogen-bond acceptors (Lipinski definition) is 0. The van der Waals surface area contributed by atoms with Crippen molar-refractivity contribution < 1.29 is 0 Å². The quantitative estimate of drug-likeness (QED) is 0.501. The van der Waals surface area contributed by atoms with Crippen LogP contribution in [0.2, 0.25) is 0 Å². The largest absolute Gasteiger partial charge is 0.0528 e. The Balaban J connectivity index is 1.69. The van der Waals surface area contributed by atoms with Crippen LogP contribution in [0.4, 0.5) is 0 Å². The molecule has 0 heteroatoms. The molecule has 0 aromatic heterocycles. The first-order chi connectivity index (χ1) is 4.41. The minimum atomic E-state index is 0.991. The Morgan fingerprint density at radius 2 is 1.89 bits per heavy atom. The predicted octanol–water partition coefficient (Wildman–Crippen LogP) is 2.59. The maximum Gasteiger partial charge on any atom is -0.0263 e. The second-order valence-corrected chi connectivity index (χ2v) is 4.36. The average Bonchev–Trinajstić information content (AvgIpc) is 2.49. The Hall–Kier alpha value is 0. The van der Waals surface area contributed by atoms with Gasteiger partial charge in [-0.25, -0.2) is 0 Å². The van der Waals surface area contributed by atoms with Gasteiger partial charge in [0.1, 0.15) is 0 Å². The summed E-state index contributed by atoms with van der Waals surface area (Å²) in [5.41, 5.74) is 0.991. The summed E-state index contributed by atoms with van der Waals surface area (Å²) in [6.45, 7) is 0. The van der Waals surface area contributed by atoms with E-state index in [1.54, 1.807) is 32.1 Å². The molecule has 3 saturated carbocycles. The highest BCUT2D eigenvalue weighted by atomic mass is 14.7. The SMILES string of the molecule is C1CC(C2CC23CC3)C1. The first-order valence-corrected chi connectivity index (χ1v) is 4.41.